The molecule has 3 rings (SSSR count). The van der Waals surface area contributed by atoms with E-state index in [1.807, 2.05) is 48.8 Å². The van der Waals surface area contributed by atoms with E-state index in [9.17, 15) is 0 Å². The zero-order valence-corrected chi connectivity index (χ0v) is 9.82. The molecule has 3 aromatic rings. The molecule has 0 spiro atoms. The highest BCUT2D eigenvalue weighted by Crippen LogP contribution is 2.24. The van der Waals surface area contributed by atoms with Gasteiger partial charge in [-0.3, -0.25) is 9.97 Å². The van der Waals surface area contributed by atoms with Gasteiger partial charge in [-0.25, -0.2) is 0 Å². The van der Waals surface area contributed by atoms with Crippen molar-refractivity contribution < 1.29 is 0 Å². The fourth-order valence-corrected chi connectivity index (χ4v) is 2.11. The van der Waals surface area contributed by atoms with Gasteiger partial charge < -0.3 is 5.73 Å². The highest BCUT2D eigenvalue weighted by atomic mass is 14.8. The molecule has 0 bridgehead atoms. The monoisotopic (exact) mass is 235 g/mol. The maximum absolute atomic E-state index is 6.28. The average Bonchev–Trinajstić information content (AvgIpc) is 2.47. The summed E-state index contributed by atoms with van der Waals surface area (Å²) in [4.78, 5) is 8.56. The van der Waals surface area contributed by atoms with Gasteiger partial charge in [0.15, 0.2) is 0 Å². The number of hydrogen-bond acceptors (Lipinski definition) is 3. The van der Waals surface area contributed by atoms with Crippen molar-refractivity contribution in [1.29, 1.82) is 0 Å². The first-order valence-corrected chi connectivity index (χ1v) is 5.85. The molecule has 3 nitrogen and oxygen atoms in total. The van der Waals surface area contributed by atoms with E-state index in [-0.39, 0.29) is 6.04 Å². The van der Waals surface area contributed by atoms with Crippen molar-refractivity contribution in [3.63, 3.8) is 0 Å². The lowest BCUT2D eigenvalue weighted by molar-refractivity contribution is 0.831. The predicted octanol–water partition coefficient (Wildman–Crippen LogP) is 2.68. The number of benzene rings is 1. The highest BCUT2D eigenvalue weighted by molar-refractivity contribution is 5.85. The van der Waals surface area contributed by atoms with Crippen molar-refractivity contribution in [2.45, 2.75) is 6.04 Å². The number of nitrogens with zero attached hydrogens (tertiary/aromatic N) is 2. The molecule has 1 aromatic carbocycles. The molecule has 88 valence electrons. The Bertz CT molecular complexity index is 659. The quantitative estimate of drug-likeness (QED) is 0.743. The zero-order valence-electron chi connectivity index (χ0n) is 9.82. The van der Waals surface area contributed by atoms with Crippen molar-refractivity contribution in [3.05, 3.63) is 72.3 Å². The maximum Gasteiger partial charge on any atom is 0.0747 e. The van der Waals surface area contributed by atoms with Gasteiger partial charge in [-0.1, -0.05) is 30.3 Å². The van der Waals surface area contributed by atoms with Gasteiger partial charge in [-0.05, 0) is 17.5 Å². The topological polar surface area (TPSA) is 51.8 Å². The first kappa shape index (κ1) is 10.9. The standard InChI is InChI=1S/C15H13N3/c16-15(14-7-3-4-8-18-14)13-10-17-9-11-5-1-2-6-12(11)13/h1-10,15H,16H2. The summed E-state index contributed by atoms with van der Waals surface area (Å²) in [7, 11) is 0. The Morgan fingerprint density at radius 3 is 2.61 bits per heavy atom. The molecular weight excluding hydrogens is 222 g/mol. The molecule has 3 heteroatoms. The number of rotatable bonds is 2. The van der Waals surface area contributed by atoms with Crippen LogP contribution in [0, 0.1) is 0 Å². The molecule has 2 heterocycles. The van der Waals surface area contributed by atoms with Crippen molar-refractivity contribution in [2.24, 2.45) is 5.73 Å². The van der Waals surface area contributed by atoms with Gasteiger partial charge in [-0.15, -0.1) is 0 Å². The van der Waals surface area contributed by atoms with E-state index in [2.05, 4.69) is 16.0 Å². The second-order valence-corrected chi connectivity index (χ2v) is 4.18. The van der Waals surface area contributed by atoms with Crippen LogP contribution in [0.15, 0.2) is 61.1 Å². The molecule has 0 saturated carbocycles. The van der Waals surface area contributed by atoms with Crippen molar-refractivity contribution in [2.75, 3.05) is 0 Å². The predicted molar refractivity (Wildman–Crippen MR) is 72.0 cm³/mol. The van der Waals surface area contributed by atoms with Gasteiger partial charge in [0.1, 0.15) is 0 Å². The zero-order chi connectivity index (χ0) is 12.4. The third kappa shape index (κ3) is 1.85. The van der Waals surface area contributed by atoms with E-state index in [1.54, 1.807) is 6.20 Å². The van der Waals surface area contributed by atoms with Gasteiger partial charge in [0, 0.05) is 29.5 Å². The molecule has 2 N–H and O–H groups in total. The normalized spacial score (nSPS) is 12.5. The Balaban J connectivity index is 2.15. The van der Waals surface area contributed by atoms with Crippen LogP contribution in [0.1, 0.15) is 17.3 Å². The molecule has 0 saturated heterocycles. The third-order valence-electron chi connectivity index (χ3n) is 3.04. The molecule has 0 aliphatic rings. The summed E-state index contributed by atoms with van der Waals surface area (Å²) in [5.74, 6) is 0. The van der Waals surface area contributed by atoms with Gasteiger partial charge in [0.25, 0.3) is 0 Å². The van der Waals surface area contributed by atoms with Crippen LogP contribution in [0.4, 0.5) is 0 Å². The van der Waals surface area contributed by atoms with Gasteiger partial charge in [0.05, 0.1) is 11.7 Å². The summed E-state index contributed by atoms with van der Waals surface area (Å²) in [6.07, 6.45) is 5.43. The number of fused-ring (bicyclic) bond motifs is 1. The van der Waals surface area contributed by atoms with Gasteiger partial charge >= 0.3 is 0 Å². The second-order valence-electron chi connectivity index (χ2n) is 4.18. The lowest BCUT2D eigenvalue weighted by Gasteiger charge is -2.13. The number of nitrogens with two attached hydrogens (primary N) is 1. The Kier molecular flexibility index (Phi) is 2.74. The van der Waals surface area contributed by atoms with Crippen LogP contribution in [0.2, 0.25) is 0 Å². The lowest BCUT2D eigenvalue weighted by atomic mass is 10.00. The second kappa shape index (κ2) is 4.55. The van der Waals surface area contributed by atoms with Crippen LogP contribution >= 0.6 is 0 Å². The van der Waals surface area contributed by atoms with Crippen LogP contribution < -0.4 is 5.73 Å². The largest absolute Gasteiger partial charge is 0.319 e. The Morgan fingerprint density at radius 1 is 0.944 bits per heavy atom. The minimum atomic E-state index is -0.246. The van der Waals surface area contributed by atoms with Gasteiger partial charge in [-0.2, -0.15) is 0 Å². The van der Waals surface area contributed by atoms with Crippen LogP contribution in [0.3, 0.4) is 0 Å². The van der Waals surface area contributed by atoms with Gasteiger partial charge in [0.2, 0.25) is 0 Å². The summed E-state index contributed by atoms with van der Waals surface area (Å²) in [5, 5.41) is 2.23. The van der Waals surface area contributed by atoms with E-state index < -0.39 is 0 Å². The first-order valence-electron chi connectivity index (χ1n) is 5.85. The smallest absolute Gasteiger partial charge is 0.0747 e. The maximum atomic E-state index is 6.28. The minimum absolute atomic E-state index is 0.246. The van der Waals surface area contributed by atoms with Crippen LogP contribution in [-0.4, -0.2) is 9.97 Å². The van der Waals surface area contributed by atoms with Crippen LogP contribution in [-0.2, 0) is 0 Å². The van der Waals surface area contributed by atoms with Crippen LogP contribution in [0.5, 0.6) is 0 Å². The first-order chi connectivity index (χ1) is 8.86. The number of aromatic nitrogens is 2. The van der Waals surface area contributed by atoms with Crippen molar-refractivity contribution in [3.8, 4) is 0 Å². The molecule has 0 aliphatic carbocycles. The summed E-state index contributed by atoms with van der Waals surface area (Å²) in [6.45, 7) is 0. The molecule has 0 amide bonds. The Labute approximate surface area is 105 Å². The molecule has 0 radical (unpaired) electrons. The van der Waals surface area contributed by atoms with E-state index in [0.717, 1.165) is 22.0 Å². The molecule has 0 fully saturated rings. The van der Waals surface area contributed by atoms with Crippen LogP contribution in [0.25, 0.3) is 10.8 Å². The molecular formula is C15H13N3. The summed E-state index contributed by atoms with van der Waals surface area (Å²) < 4.78 is 0. The van der Waals surface area contributed by atoms with Crippen molar-refractivity contribution in [1.82, 2.24) is 9.97 Å². The number of pyridine rings is 2. The summed E-state index contributed by atoms with van der Waals surface area (Å²) >= 11 is 0. The van der Waals surface area contributed by atoms with E-state index in [4.69, 9.17) is 5.73 Å². The van der Waals surface area contributed by atoms with Crippen molar-refractivity contribution >= 4 is 10.8 Å². The highest BCUT2D eigenvalue weighted by Gasteiger charge is 2.13. The fraction of sp³-hybridized carbons (Fsp3) is 0.0667. The minimum Gasteiger partial charge on any atom is -0.319 e. The molecule has 0 aliphatic heterocycles. The third-order valence-corrected chi connectivity index (χ3v) is 3.04. The van der Waals surface area contributed by atoms with E-state index >= 15 is 0 Å². The average molecular weight is 235 g/mol. The molecule has 2 aromatic heterocycles. The summed E-state index contributed by atoms with van der Waals surface area (Å²) in [5.41, 5.74) is 8.14. The number of hydrogen-bond donors (Lipinski definition) is 1. The summed E-state index contributed by atoms with van der Waals surface area (Å²) in [6, 6.07) is 13.6. The SMILES string of the molecule is NC(c1ccccn1)c1cncc2ccccc12. The fourth-order valence-electron chi connectivity index (χ4n) is 2.11. The van der Waals surface area contributed by atoms with E-state index in [0.29, 0.717) is 0 Å². The Morgan fingerprint density at radius 2 is 1.78 bits per heavy atom. The molecule has 1 unspecified atom stereocenters. The molecule has 1 atom stereocenters. The molecule has 18 heavy (non-hydrogen) atoms. The Hall–Kier alpha value is -2.26. The lowest BCUT2D eigenvalue weighted by Crippen LogP contribution is -2.14. The van der Waals surface area contributed by atoms with E-state index in [1.165, 1.54) is 0 Å².